The Hall–Kier alpha value is -1.67. The molecular weight excluding hydrogens is 269 g/mol. The molecule has 1 fully saturated rings. The van der Waals surface area contributed by atoms with E-state index in [1.54, 1.807) is 6.07 Å². The fourth-order valence-corrected chi connectivity index (χ4v) is 2.23. The summed E-state index contributed by atoms with van der Waals surface area (Å²) in [4.78, 5) is 0. The maximum absolute atomic E-state index is 12.3. The lowest BCUT2D eigenvalue weighted by atomic mass is 9.85. The molecule has 0 heterocycles. The summed E-state index contributed by atoms with van der Waals surface area (Å²) in [6, 6.07) is 5.68. The minimum atomic E-state index is -4.75. The fraction of sp³-hybridized carbons (Fsp3) is 0.467. The number of hydrogen-bond acceptors (Lipinski definition) is 2. The van der Waals surface area contributed by atoms with Crippen LogP contribution in [0.1, 0.15) is 37.7 Å². The van der Waals surface area contributed by atoms with Crippen LogP contribution in [0.4, 0.5) is 13.2 Å². The molecule has 0 spiro atoms. The van der Waals surface area contributed by atoms with Gasteiger partial charge in [0.1, 0.15) is 11.4 Å². The van der Waals surface area contributed by atoms with Gasteiger partial charge in [-0.3, -0.25) is 0 Å². The maximum Gasteiger partial charge on any atom is 0.573 e. The Morgan fingerprint density at radius 3 is 2.40 bits per heavy atom. The lowest BCUT2D eigenvalue weighted by Crippen LogP contribution is -2.29. The highest BCUT2D eigenvalue weighted by atomic mass is 19.4. The van der Waals surface area contributed by atoms with Gasteiger partial charge in [-0.1, -0.05) is 30.4 Å². The summed E-state index contributed by atoms with van der Waals surface area (Å²) in [5.74, 6) is 4.98. The number of alkyl halides is 3. The van der Waals surface area contributed by atoms with Crippen molar-refractivity contribution in [2.45, 2.75) is 44.1 Å². The van der Waals surface area contributed by atoms with E-state index in [1.165, 1.54) is 18.2 Å². The molecule has 1 aliphatic carbocycles. The molecule has 0 aromatic heterocycles. The Kier molecular flexibility index (Phi) is 4.24. The van der Waals surface area contributed by atoms with Gasteiger partial charge < -0.3 is 9.84 Å². The Morgan fingerprint density at radius 1 is 1.10 bits per heavy atom. The molecule has 0 aliphatic heterocycles. The highest BCUT2D eigenvalue weighted by molar-refractivity contribution is 5.47. The van der Waals surface area contributed by atoms with Gasteiger partial charge >= 0.3 is 6.36 Å². The number of aliphatic hydroxyl groups is 1. The second-order valence-corrected chi connectivity index (χ2v) is 4.89. The standard InChI is InChI=1S/C15H15F3O2/c16-15(17,18)20-13-7-3-2-6-12(13)8-11-14(19)9-4-1-5-10-14/h2-3,6-7,19H,1,4-5,9-10H2. The van der Waals surface area contributed by atoms with Gasteiger partial charge in [-0.25, -0.2) is 0 Å². The third-order valence-electron chi connectivity index (χ3n) is 3.22. The van der Waals surface area contributed by atoms with Crippen LogP contribution in [0.5, 0.6) is 5.75 Å². The first-order chi connectivity index (χ1) is 9.38. The predicted octanol–water partition coefficient (Wildman–Crippen LogP) is 3.63. The molecule has 1 N–H and O–H groups in total. The molecule has 1 aromatic carbocycles. The zero-order chi connectivity index (χ0) is 14.6. The van der Waals surface area contributed by atoms with Gasteiger partial charge in [0.2, 0.25) is 0 Å². The molecule has 0 amide bonds. The van der Waals surface area contributed by atoms with E-state index < -0.39 is 12.0 Å². The van der Waals surface area contributed by atoms with Gasteiger partial charge in [0.15, 0.2) is 0 Å². The number of benzene rings is 1. The summed E-state index contributed by atoms with van der Waals surface area (Å²) in [7, 11) is 0. The molecule has 1 aliphatic rings. The Morgan fingerprint density at radius 2 is 1.75 bits per heavy atom. The highest BCUT2D eigenvalue weighted by Gasteiger charge is 2.32. The molecule has 0 saturated heterocycles. The van der Waals surface area contributed by atoms with Crippen molar-refractivity contribution in [1.29, 1.82) is 0 Å². The normalized spacial score (nSPS) is 18.0. The lowest BCUT2D eigenvalue weighted by Gasteiger charge is -2.26. The number of hydrogen-bond donors (Lipinski definition) is 1. The summed E-state index contributed by atoms with van der Waals surface area (Å²) >= 11 is 0. The molecule has 2 rings (SSSR count). The van der Waals surface area contributed by atoms with Crippen LogP contribution in [0, 0.1) is 11.8 Å². The second-order valence-electron chi connectivity index (χ2n) is 4.89. The second kappa shape index (κ2) is 5.76. The van der Waals surface area contributed by atoms with E-state index in [1.807, 2.05) is 0 Å². The number of rotatable bonds is 1. The monoisotopic (exact) mass is 284 g/mol. The van der Waals surface area contributed by atoms with E-state index in [0.717, 1.165) is 19.3 Å². The molecule has 0 bridgehead atoms. The average Bonchev–Trinajstić information content (AvgIpc) is 2.37. The molecule has 1 saturated carbocycles. The van der Waals surface area contributed by atoms with Crippen molar-refractivity contribution in [2.24, 2.45) is 0 Å². The molecule has 20 heavy (non-hydrogen) atoms. The number of para-hydroxylation sites is 1. The Labute approximate surface area is 115 Å². The molecule has 1 aromatic rings. The van der Waals surface area contributed by atoms with Gasteiger partial charge in [-0.2, -0.15) is 0 Å². The van der Waals surface area contributed by atoms with Gasteiger partial charge in [0, 0.05) is 0 Å². The lowest BCUT2D eigenvalue weighted by molar-refractivity contribution is -0.274. The van der Waals surface area contributed by atoms with E-state index in [2.05, 4.69) is 16.6 Å². The zero-order valence-corrected chi connectivity index (χ0v) is 10.8. The summed E-state index contributed by atoms with van der Waals surface area (Å²) in [6.45, 7) is 0. The molecule has 108 valence electrons. The van der Waals surface area contributed by atoms with E-state index >= 15 is 0 Å². The molecule has 0 atom stereocenters. The van der Waals surface area contributed by atoms with Crippen LogP contribution < -0.4 is 4.74 Å². The quantitative estimate of drug-likeness (QED) is 0.798. The van der Waals surface area contributed by atoms with Crippen LogP contribution >= 0.6 is 0 Å². The van der Waals surface area contributed by atoms with Gasteiger partial charge in [0.25, 0.3) is 0 Å². The largest absolute Gasteiger partial charge is 0.573 e. The SMILES string of the molecule is OC1(C#Cc2ccccc2OC(F)(F)F)CCCCC1. The first kappa shape index (κ1) is 14.7. The highest BCUT2D eigenvalue weighted by Crippen LogP contribution is 2.29. The Bertz CT molecular complexity index is 520. The van der Waals surface area contributed by atoms with Crippen LogP contribution in [-0.4, -0.2) is 17.1 Å². The van der Waals surface area contributed by atoms with Crippen LogP contribution in [-0.2, 0) is 0 Å². The fourth-order valence-electron chi connectivity index (χ4n) is 2.23. The molecule has 2 nitrogen and oxygen atoms in total. The summed E-state index contributed by atoms with van der Waals surface area (Å²) in [5, 5.41) is 10.2. The van der Waals surface area contributed by atoms with Crippen molar-refractivity contribution in [1.82, 2.24) is 0 Å². The van der Waals surface area contributed by atoms with Gasteiger partial charge in [-0.05, 0) is 37.8 Å². The molecule has 0 unspecified atom stereocenters. The first-order valence-corrected chi connectivity index (χ1v) is 6.48. The van der Waals surface area contributed by atoms with E-state index in [0.29, 0.717) is 12.8 Å². The van der Waals surface area contributed by atoms with Crippen LogP contribution in [0.2, 0.25) is 0 Å². The predicted molar refractivity (Wildman–Crippen MR) is 68.0 cm³/mol. The maximum atomic E-state index is 12.3. The minimum Gasteiger partial charge on any atom is -0.404 e. The first-order valence-electron chi connectivity index (χ1n) is 6.48. The average molecular weight is 284 g/mol. The number of halogens is 3. The minimum absolute atomic E-state index is 0.129. The van der Waals surface area contributed by atoms with E-state index in [-0.39, 0.29) is 11.3 Å². The van der Waals surface area contributed by atoms with Gasteiger partial charge in [-0.15, -0.1) is 13.2 Å². The third-order valence-corrected chi connectivity index (χ3v) is 3.22. The van der Waals surface area contributed by atoms with Gasteiger partial charge in [0.05, 0.1) is 5.56 Å². The van der Waals surface area contributed by atoms with Crippen molar-refractivity contribution in [2.75, 3.05) is 0 Å². The molecule has 5 heteroatoms. The van der Waals surface area contributed by atoms with E-state index in [4.69, 9.17) is 0 Å². The van der Waals surface area contributed by atoms with Crippen molar-refractivity contribution >= 4 is 0 Å². The van der Waals surface area contributed by atoms with Crippen molar-refractivity contribution in [3.8, 4) is 17.6 Å². The van der Waals surface area contributed by atoms with Crippen LogP contribution in [0.25, 0.3) is 0 Å². The number of ether oxygens (including phenoxy) is 1. The Balaban J connectivity index is 2.21. The van der Waals surface area contributed by atoms with Crippen molar-refractivity contribution in [3.63, 3.8) is 0 Å². The summed E-state index contributed by atoms with van der Waals surface area (Å²) in [5.41, 5.74) is -0.965. The summed E-state index contributed by atoms with van der Waals surface area (Å²) in [6.07, 6.45) is -0.820. The molecular formula is C15H15F3O2. The summed E-state index contributed by atoms with van der Waals surface area (Å²) < 4.78 is 40.7. The topological polar surface area (TPSA) is 29.5 Å². The smallest absolute Gasteiger partial charge is 0.404 e. The van der Waals surface area contributed by atoms with Crippen molar-refractivity contribution < 1.29 is 23.0 Å². The van der Waals surface area contributed by atoms with Crippen molar-refractivity contribution in [3.05, 3.63) is 29.8 Å². The third kappa shape index (κ3) is 4.17. The van der Waals surface area contributed by atoms with Crippen LogP contribution in [0.15, 0.2) is 24.3 Å². The molecule has 0 radical (unpaired) electrons. The van der Waals surface area contributed by atoms with Crippen LogP contribution in [0.3, 0.4) is 0 Å². The van der Waals surface area contributed by atoms with E-state index in [9.17, 15) is 18.3 Å². The zero-order valence-electron chi connectivity index (χ0n) is 10.8.